The van der Waals surface area contributed by atoms with Gasteiger partial charge < -0.3 is 30.0 Å². The van der Waals surface area contributed by atoms with Crippen molar-refractivity contribution in [1.82, 2.24) is 0 Å². The molecule has 142 valence electrons. The van der Waals surface area contributed by atoms with Crippen molar-refractivity contribution in [2.75, 3.05) is 39.7 Å². The summed E-state index contributed by atoms with van der Waals surface area (Å²) in [4.78, 5) is 31.6. The molecule has 0 fully saturated rings. The molecule has 0 aromatic carbocycles. The third-order valence-corrected chi connectivity index (χ3v) is 3.33. The average molecular weight is 366 g/mol. The van der Waals surface area contributed by atoms with E-state index in [9.17, 15) is 19.5 Å². The van der Waals surface area contributed by atoms with Gasteiger partial charge >= 0.3 is 11.9 Å². The molecular formula is C15H30N2O6S. The fourth-order valence-electron chi connectivity index (χ4n) is 1.58. The summed E-state index contributed by atoms with van der Waals surface area (Å²) in [5.74, 6) is -1.68. The summed E-state index contributed by atoms with van der Waals surface area (Å²) in [5.41, 5.74) is 5.19. The van der Waals surface area contributed by atoms with Crippen LogP contribution in [0.15, 0.2) is 0 Å². The van der Waals surface area contributed by atoms with Crippen molar-refractivity contribution in [3.8, 4) is 0 Å². The van der Waals surface area contributed by atoms with Gasteiger partial charge in [0.25, 0.3) is 0 Å². The standard InChI is InChI=1S/C10H19NO4.C5H11NO2S/c1-5-10(14)15-8(6-9(12)13)7-11(2,3)4;1-9-3-2-4(6)5(7)8/h8H,5-7H2,1-4H3;4H,2-3,6H2,1H3,(H,7,8)/t;4-/m.0/s1. The first-order valence-corrected chi connectivity index (χ1v) is 8.99. The van der Waals surface area contributed by atoms with Crippen LogP contribution in [0.4, 0.5) is 0 Å². The lowest BCUT2D eigenvalue weighted by atomic mass is 10.2. The number of carbonyl (C=O) groups is 3. The number of ether oxygens (including phenoxy) is 1. The average Bonchev–Trinajstić information content (AvgIpc) is 2.42. The Labute approximate surface area is 147 Å². The summed E-state index contributed by atoms with van der Waals surface area (Å²) >= 11 is 1.60. The van der Waals surface area contributed by atoms with Gasteiger partial charge in [-0.05, 0) is 18.4 Å². The second kappa shape index (κ2) is 13.0. The van der Waals surface area contributed by atoms with Crippen molar-refractivity contribution in [2.24, 2.45) is 5.73 Å². The lowest BCUT2D eigenvalue weighted by Gasteiger charge is -2.29. The summed E-state index contributed by atoms with van der Waals surface area (Å²) in [6.45, 7) is 2.13. The third kappa shape index (κ3) is 17.0. The number of aliphatic carboxylic acids is 2. The van der Waals surface area contributed by atoms with E-state index in [0.29, 0.717) is 17.4 Å². The minimum absolute atomic E-state index is 0.249. The molecule has 0 aliphatic rings. The van der Waals surface area contributed by atoms with Gasteiger partial charge in [0.1, 0.15) is 12.6 Å². The molecule has 0 heterocycles. The van der Waals surface area contributed by atoms with Crippen molar-refractivity contribution >= 4 is 29.7 Å². The number of esters is 1. The molecule has 3 N–H and O–H groups in total. The SMILES string of the molecule is CCC(=O)OC(CC(=O)[O-])C[N+](C)(C)C.CSCC[C@H](N)C(=O)O. The molecule has 1 unspecified atom stereocenters. The topological polar surface area (TPSA) is 130 Å². The Balaban J connectivity index is 0. The predicted octanol–water partition coefficient (Wildman–Crippen LogP) is -0.694. The van der Waals surface area contributed by atoms with Gasteiger partial charge in [-0.1, -0.05) is 6.92 Å². The molecule has 0 saturated heterocycles. The molecule has 2 atom stereocenters. The van der Waals surface area contributed by atoms with E-state index in [-0.39, 0.29) is 18.8 Å². The van der Waals surface area contributed by atoms with Gasteiger partial charge in [0.05, 0.1) is 21.1 Å². The number of nitrogens with two attached hydrogens (primary N) is 1. The number of carbonyl (C=O) groups excluding carboxylic acids is 2. The molecule has 9 heteroatoms. The van der Waals surface area contributed by atoms with Crippen LogP contribution < -0.4 is 10.8 Å². The molecule has 0 rings (SSSR count). The van der Waals surface area contributed by atoms with Gasteiger partial charge in [-0.25, -0.2) is 0 Å². The first kappa shape index (κ1) is 24.9. The smallest absolute Gasteiger partial charge is 0.320 e. The normalized spacial score (nSPS) is 13.2. The Bertz CT molecular complexity index is 398. The Hall–Kier alpha value is -1.32. The Kier molecular flexibility index (Phi) is 13.5. The number of rotatable bonds is 10. The molecule has 0 spiro atoms. The summed E-state index contributed by atoms with van der Waals surface area (Å²) in [6.07, 6.45) is 1.87. The fourth-order valence-corrected chi connectivity index (χ4v) is 2.07. The van der Waals surface area contributed by atoms with Gasteiger partial charge in [-0.2, -0.15) is 11.8 Å². The van der Waals surface area contributed by atoms with E-state index >= 15 is 0 Å². The van der Waals surface area contributed by atoms with Crippen LogP contribution in [0.1, 0.15) is 26.2 Å². The molecule has 0 aliphatic heterocycles. The second-order valence-corrected chi connectivity index (χ2v) is 7.23. The van der Waals surface area contributed by atoms with Crippen LogP contribution in [0, 0.1) is 0 Å². The molecule has 0 aromatic heterocycles. The molecule has 0 radical (unpaired) electrons. The van der Waals surface area contributed by atoms with Crippen LogP contribution in [0.2, 0.25) is 0 Å². The van der Waals surface area contributed by atoms with E-state index in [0.717, 1.165) is 5.75 Å². The molecule has 0 aromatic rings. The lowest BCUT2D eigenvalue weighted by molar-refractivity contribution is -0.873. The number of thioether (sulfide) groups is 1. The van der Waals surface area contributed by atoms with E-state index in [2.05, 4.69) is 0 Å². The monoisotopic (exact) mass is 366 g/mol. The molecule has 0 bridgehead atoms. The van der Waals surface area contributed by atoms with Gasteiger partial charge in [0.2, 0.25) is 0 Å². The van der Waals surface area contributed by atoms with E-state index in [1.165, 1.54) is 0 Å². The van der Waals surface area contributed by atoms with Crippen LogP contribution in [-0.2, 0) is 19.1 Å². The van der Waals surface area contributed by atoms with Crippen molar-refractivity contribution in [1.29, 1.82) is 0 Å². The van der Waals surface area contributed by atoms with Gasteiger partial charge in [0, 0.05) is 18.8 Å². The lowest BCUT2D eigenvalue weighted by Crippen LogP contribution is -2.45. The van der Waals surface area contributed by atoms with Crippen molar-refractivity contribution < 1.29 is 33.8 Å². The van der Waals surface area contributed by atoms with Gasteiger partial charge in [-0.15, -0.1) is 0 Å². The predicted molar refractivity (Wildman–Crippen MR) is 91.3 cm³/mol. The number of likely N-dealkylation sites (N-methyl/N-ethyl adjacent to an activating group) is 1. The number of quaternary nitrogens is 1. The third-order valence-electron chi connectivity index (χ3n) is 2.68. The molecule has 24 heavy (non-hydrogen) atoms. The fraction of sp³-hybridized carbons (Fsp3) is 0.800. The molecule has 0 amide bonds. The zero-order valence-corrected chi connectivity index (χ0v) is 15.9. The zero-order chi connectivity index (χ0) is 19.3. The highest BCUT2D eigenvalue weighted by atomic mass is 32.2. The van der Waals surface area contributed by atoms with Gasteiger partial charge in [-0.3, -0.25) is 9.59 Å². The molecule has 8 nitrogen and oxygen atoms in total. The maximum atomic E-state index is 11.0. The highest BCUT2D eigenvalue weighted by Gasteiger charge is 2.21. The summed E-state index contributed by atoms with van der Waals surface area (Å²) < 4.78 is 5.55. The molecular weight excluding hydrogens is 336 g/mol. The van der Waals surface area contributed by atoms with E-state index < -0.39 is 24.1 Å². The van der Waals surface area contributed by atoms with E-state index in [1.54, 1.807) is 18.7 Å². The molecule has 0 aliphatic carbocycles. The van der Waals surface area contributed by atoms with Crippen LogP contribution in [0.3, 0.4) is 0 Å². The van der Waals surface area contributed by atoms with E-state index in [4.69, 9.17) is 15.6 Å². The highest BCUT2D eigenvalue weighted by molar-refractivity contribution is 7.98. The second-order valence-electron chi connectivity index (χ2n) is 6.24. The number of carboxylic acid groups (broad SMARTS) is 2. The molecule has 0 saturated carbocycles. The first-order chi connectivity index (χ1) is 10.9. The number of carboxylic acids is 2. The van der Waals surface area contributed by atoms with Crippen LogP contribution in [0.25, 0.3) is 0 Å². The van der Waals surface area contributed by atoms with Gasteiger partial charge in [0.15, 0.2) is 6.10 Å². The van der Waals surface area contributed by atoms with E-state index in [1.807, 2.05) is 27.4 Å². The highest BCUT2D eigenvalue weighted by Crippen LogP contribution is 2.05. The summed E-state index contributed by atoms with van der Waals surface area (Å²) in [7, 11) is 5.71. The van der Waals surface area contributed by atoms with Crippen molar-refractivity contribution in [3.63, 3.8) is 0 Å². The largest absolute Gasteiger partial charge is 0.550 e. The number of hydrogen-bond donors (Lipinski definition) is 2. The van der Waals surface area contributed by atoms with Crippen molar-refractivity contribution in [2.45, 2.75) is 38.3 Å². The quantitative estimate of drug-likeness (QED) is 0.384. The summed E-state index contributed by atoms with van der Waals surface area (Å²) in [6, 6.07) is -0.683. The first-order valence-electron chi connectivity index (χ1n) is 7.60. The minimum Gasteiger partial charge on any atom is -0.550 e. The zero-order valence-electron chi connectivity index (χ0n) is 15.1. The number of hydrogen-bond acceptors (Lipinski definition) is 7. The van der Waals surface area contributed by atoms with Crippen molar-refractivity contribution in [3.05, 3.63) is 0 Å². The summed E-state index contributed by atoms with van der Waals surface area (Å²) in [5, 5.41) is 18.7. The van der Waals surface area contributed by atoms with Crippen LogP contribution in [0.5, 0.6) is 0 Å². The Morgan fingerprint density at radius 2 is 1.83 bits per heavy atom. The van der Waals surface area contributed by atoms with Crippen LogP contribution >= 0.6 is 11.8 Å². The Morgan fingerprint density at radius 1 is 1.29 bits per heavy atom. The van der Waals surface area contributed by atoms with Crippen LogP contribution in [-0.4, -0.2) is 79.3 Å². The Morgan fingerprint density at radius 3 is 2.17 bits per heavy atom. The number of nitrogens with zero attached hydrogens (tertiary/aromatic N) is 1. The minimum atomic E-state index is -1.20. The maximum Gasteiger partial charge on any atom is 0.320 e. The maximum absolute atomic E-state index is 11.0.